The highest BCUT2D eigenvalue weighted by Crippen LogP contribution is 2.32. The summed E-state index contributed by atoms with van der Waals surface area (Å²) in [6.45, 7) is 5.29. The summed E-state index contributed by atoms with van der Waals surface area (Å²) in [5.41, 5.74) is 1.38. The van der Waals surface area contributed by atoms with E-state index in [1.807, 2.05) is 20.8 Å². The van der Waals surface area contributed by atoms with Gasteiger partial charge in [-0.15, -0.1) is 0 Å². The molecule has 0 bridgehead atoms. The lowest BCUT2D eigenvalue weighted by Gasteiger charge is -2.15. The van der Waals surface area contributed by atoms with Gasteiger partial charge in [0.05, 0.1) is 4.92 Å². The highest BCUT2D eigenvalue weighted by atomic mass is 35.5. The van der Waals surface area contributed by atoms with Gasteiger partial charge in [0.1, 0.15) is 5.75 Å². The predicted molar refractivity (Wildman–Crippen MR) is 94.5 cm³/mol. The number of nitro groups is 1. The molecule has 0 heterocycles. The van der Waals surface area contributed by atoms with Gasteiger partial charge in [-0.1, -0.05) is 37.6 Å². The van der Waals surface area contributed by atoms with Crippen LogP contribution in [0, 0.1) is 17.0 Å². The zero-order valence-corrected chi connectivity index (χ0v) is 14.9. The van der Waals surface area contributed by atoms with Gasteiger partial charge < -0.3 is 9.47 Å². The Morgan fingerprint density at radius 1 is 1.24 bits per heavy atom. The minimum atomic E-state index is -0.651. The average molecular weight is 364 g/mol. The monoisotopic (exact) mass is 363 g/mol. The van der Waals surface area contributed by atoms with E-state index in [0.29, 0.717) is 10.8 Å². The van der Waals surface area contributed by atoms with E-state index >= 15 is 0 Å². The Kier molecular flexibility index (Phi) is 5.98. The molecule has 0 aliphatic heterocycles. The molecule has 132 valence electrons. The number of aryl methyl sites for hydroxylation is 1. The maximum atomic E-state index is 12.1. The summed E-state index contributed by atoms with van der Waals surface area (Å²) in [7, 11) is 0. The quantitative estimate of drug-likeness (QED) is 0.322. The molecule has 2 aromatic carbocycles. The second kappa shape index (κ2) is 7.98. The average Bonchev–Trinajstić information content (AvgIpc) is 2.56. The largest absolute Gasteiger partial charge is 0.475 e. The number of ether oxygens (including phenoxy) is 2. The molecule has 7 heteroatoms. The van der Waals surface area contributed by atoms with E-state index in [2.05, 4.69) is 0 Å². The van der Waals surface area contributed by atoms with Crippen molar-refractivity contribution >= 4 is 23.3 Å². The molecule has 0 atom stereocenters. The number of nitro benzene ring substituents is 1. The van der Waals surface area contributed by atoms with Crippen LogP contribution in [0.1, 0.15) is 30.9 Å². The first kappa shape index (κ1) is 18.7. The molecule has 25 heavy (non-hydrogen) atoms. The van der Waals surface area contributed by atoms with Crippen LogP contribution in [-0.4, -0.2) is 17.5 Å². The van der Waals surface area contributed by atoms with Gasteiger partial charge in [-0.2, -0.15) is 0 Å². The van der Waals surface area contributed by atoms with Gasteiger partial charge in [0, 0.05) is 11.1 Å². The molecular weight excluding hydrogens is 346 g/mol. The Balaban J connectivity index is 2.11. The second-order valence-corrected chi connectivity index (χ2v) is 6.19. The van der Waals surface area contributed by atoms with Crippen LogP contribution in [0.5, 0.6) is 11.5 Å². The zero-order chi connectivity index (χ0) is 18.6. The highest BCUT2D eigenvalue weighted by Gasteiger charge is 2.18. The van der Waals surface area contributed by atoms with E-state index in [1.54, 1.807) is 18.2 Å². The number of hydrogen-bond donors (Lipinski definition) is 0. The van der Waals surface area contributed by atoms with Crippen LogP contribution in [0.4, 0.5) is 5.69 Å². The van der Waals surface area contributed by atoms with Crippen LogP contribution < -0.4 is 9.47 Å². The maximum Gasteiger partial charge on any atom is 0.349 e. The van der Waals surface area contributed by atoms with Crippen molar-refractivity contribution in [3.8, 4) is 11.5 Å². The van der Waals surface area contributed by atoms with Crippen molar-refractivity contribution in [2.24, 2.45) is 0 Å². The molecule has 0 amide bonds. The number of para-hydroxylation sites is 2. The molecule has 2 rings (SSSR count). The van der Waals surface area contributed by atoms with Gasteiger partial charge in [0.15, 0.2) is 12.4 Å². The van der Waals surface area contributed by atoms with E-state index in [-0.39, 0.29) is 17.4 Å². The standard InChI is InChI=1S/C18H18ClNO5/c1-11(2)13-9-14(19)12(3)8-17(13)25-18(21)10-24-16-7-5-4-6-15(16)20(22)23/h4-9,11H,10H2,1-3H3. The van der Waals surface area contributed by atoms with Gasteiger partial charge in [0.25, 0.3) is 0 Å². The van der Waals surface area contributed by atoms with E-state index in [4.69, 9.17) is 21.1 Å². The Morgan fingerprint density at radius 3 is 2.56 bits per heavy atom. The van der Waals surface area contributed by atoms with Crippen molar-refractivity contribution in [1.29, 1.82) is 0 Å². The number of rotatable bonds is 6. The van der Waals surface area contributed by atoms with Gasteiger partial charge in [-0.05, 0) is 42.2 Å². The molecule has 0 unspecified atom stereocenters. The fraction of sp³-hybridized carbons (Fsp3) is 0.278. The lowest BCUT2D eigenvalue weighted by atomic mass is 10.0. The predicted octanol–water partition coefficient (Wildman–Crippen LogP) is 4.66. The molecule has 0 spiro atoms. The number of esters is 1. The van der Waals surface area contributed by atoms with E-state index in [0.717, 1.165) is 11.1 Å². The Labute approximate surface area is 150 Å². The number of nitrogens with zero attached hydrogens (tertiary/aromatic N) is 1. The lowest BCUT2D eigenvalue weighted by molar-refractivity contribution is -0.385. The minimum absolute atomic E-state index is 0.0146. The Bertz CT molecular complexity index is 804. The molecule has 0 aliphatic rings. The number of benzene rings is 2. The number of carbonyl (C=O) groups excluding carboxylic acids is 1. The van der Waals surface area contributed by atoms with E-state index in [9.17, 15) is 14.9 Å². The summed E-state index contributed by atoms with van der Waals surface area (Å²) in [6, 6.07) is 9.31. The molecule has 6 nitrogen and oxygen atoms in total. The normalized spacial score (nSPS) is 10.6. The summed E-state index contributed by atoms with van der Waals surface area (Å²) in [5, 5.41) is 11.5. The highest BCUT2D eigenvalue weighted by molar-refractivity contribution is 6.31. The van der Waals surface area contributed by atoms with Crippen molar-refractivity contribution in [1.82, 2.24) is 0 Å². The second-order valence-electron chi connectivity index (χ2n) is 5.78. The van der Waals surface area contributed by atoms with Crippen molar-refractivity contribution in [2.75, 3.05) is 6.61 Å². The first-order valence-corrected chi connectivity index (χ1v) is 8.04. The third-order valence-corrected chi connectivity index (χ3v) is 3.95. The number of halogens is 1. The molecule has 0 saturated heterocycles. The number of hydrogen-bond acceptors (Lipinski definition) is 5. The van der Waals surface area contributed by atoms with Crippen molar-refractivity contribution in [3.05, 3.63) is 62.7 Å². The summed E-state index contributed by atoms with van der Waals surface area (Å²) >= 11 is 6.13. The topological polar surface area (TPSA) is 78.7 Å². The molecule has 0 N–H and O–H groups in total. The Morgan fingerprint density at radius 2 is 1.92 bits per heavy atom. The van der Waals surface area contributed by atoms with Gasteiger partial charge in [0.2, 0.25) is 0 Å². The zero-order valence-electron chi connectivity index (χ0n) is 14.1. The molecule has 0 radical (unpaired) electrons. The molecule has 2 aromatic rings. The molecule has 0 aromatic heterocycles. The third-order valence-electron chi connectivity index (χ3n) is 3.54. The van der Waals surface area contributed by atoms with Crippen LogP contribution in [0.25, 0.3) is 0 Å². The SMILES string of the molecule is Cc1cc(OC(=O)COc2ccccc2[N+](=O)[O-])c(C(C)C)cc1Cl. The fourth-order valence-electron chi connectivity index (χ4n) is 2.23. The van der Waals surface area contributed by atoms with Crippen molar-refractivity contribution in [3.63, 3.8) is 0 Å². The summed E-state index contributed by atoms with van der Waals surface area (Å²) in [6.07, 6.45) is 0. The maximum absolute atomic E-state index is 12.1. The van der Waals surface area contributed by atoms with Crippen LogP contribution in [0.3, 0.4) is 0 Å². The van der Waals surface area contributed by atoms with E-state index < -0.39 is 17.5 Å². The minimum Gasteiger partial charge on any atom is -0.475 e. The lowest BCUT2D eigenvalue weighted by Crippen LogP contribution is -2.19. The van der Waals surface area contributed by atoms with Crippen LogP contribution in [0.2, 0.25) is 5.02 Å². The first-order valence-electron chi connectivity index (χ1n) is 7.66. The molecule has 0 fully saturated rings. The van der Waals surface area contributed by atoms with Gasteiger partial charge >= 0.3 is 11.7 Å². The molecule has 0 saturated carbocycles. The van der Waals surface area contributed by atoms with Gasteiger partial charge in [-0.3, -0.25) is 10.1 Å². The smallest absolute Gasteiger partial charge is 0.349 e. The molecular formula is C18H18ClNO5. The van der Waals surface area contributed by atoms with Crippen LogP contribution >= 0.6 is 11.6 Å². The van der Waals surface area contributed by atoms with Crippen molar-refractivity contribution in [2.45, 2.75) is 26.7 Å². The van der Waals surface area contributed by atoms with Crippen molar-refractivity contribution < 1.29 is 19.2 Å². The summed E-state index contributed by atoms with van der Waals surface area (Å²) in [5.74, 6) is -0.118. The van der Waals surface area contributed by atoms with Crippen LogP contribution in [0.15, 0.2) is 36.4 Å². The number of carbonyl (C=O) groups is 1. The van der Waals surface area contributed by atoms with Gasteiger partial charge in [-0.25, -0.2) is 4.79 Å². The Hall–Kier alpha value is -2.60. The summed E-state index contributed by atoms with van der Waals surface area (Å²) in [4.78, 5) is 22.5. The third kappa shape index (κ3) is 4.70. The van der Waals surface area contributed by atoms with Crippen LogP contribution in [-0.2, 0) is 4.79 Å². The fourth-order valence-corrected chi connectivity index (χ4v) is 2.40. The first-order chi connectivity index (χ1) is 11.8. The van der Waals surface area contributed by atoms with E-state index in [1.165, 1.54) is 18.2 Å². The summed E-state index contributed by atoms with van der Waals surface area (Å²) < 4.78 is 10.6. The molecule has 0 aliphatic carbocycles.